The van der Waals surface area contributed by atoms with E-state index in [1.54, 1.807) is 18.3 Å². The highest BCUT2D eigenvalue weighted by atomic mass is 32.2. The molecule has 1 aromatic heterocycles. The van der Waals surface area contributed by atoms with E-state index in [2.05, 4.69) is 20.9 Å². The molecule has 2 amide bonds. The van der Waals surface area contributed by atoms with Crippen molar-refractivity contribution in [3.05, 3.63) is 53.7 Å². The summed E-state index contributed by atoms with van der Waals surface area (Å²) in [5.41, 5.74) is 1.20. The summed E-state index contributed by atoms with van der Waals surface area (Å²) in [5, 5.41) is 2.62. The number of aromatic nitrogens is 1. The Bertz CT molecular complexity index is 1010. The van der Waals surface area contributed by atoms with Gasteiger partial charge in [0.25, 0.3) is 5.91 Å². The Morgan fingerprint density at radius 2 is 1.89 bits per heavy atom. The molecule has 9 heteroatoms. The number of anilines is 1. The summed E-state index contributed by atoms with van der Waals surface area (Å²) in [6.07, 6.45) is 6.62. The zero-order valence-electron chi connectivity index (χ0n) is 15.5. The maximum absolute atomic E-state index is 12.5. The van der Waals surface area contributed by atoms with Gasteiger partial charge in [0.05, 0.1) is 18.0 Å². The highest BCUT2D eigenvalue weighted by Gasteiger charge is 2.18. The molecule has 0 aliphatic rings. The first kappa shape index (κ1) is 21.1. The molecule has 0 saturated heterocycles. The molecule has 2 aromatic rings. The van der Waals surface area contributed by atoms with Crippen LogP contribution < -0.4 is 10.0 Å². The molecule has 0 unspecified atom stereocenters. The van der Waals surface area contributed by atoms with Crippen LogP contribution in [0, 0.1) is 19.3 Å². The number of hydrogen-bond donors (Lipinski definition) is 2. The Morgan fingerprint density at radius 1 is 1.21 bits per heavy atom. The number of likely N-dealkylation sites (N-methyl/N-ethyl adjacent to an activating group) is 1. The SMILES string of the molecule is C#CCNS(=O)(=O)c1ccc(C(=O)N(C)CC(=O)Nc2cc(C)ccn2)cc1. The van der Waals surface area contributed by atoms with Crippen molar-refractivity contribution >= 4 is 27.7 Å². The topological polar surface area (TPSA) is 108 Å². The van der Waals surface area contributed by atoms with Crippen molar-refractivity contribution in [2.75, 3.05) is 25.5 Å². The van der Waals surface area contributed by atoms with E-state index < -0.39 is 21.8 Å². The fourth-order valence-corrected chi connectivity index (χ4v) is 3.23. The third-order valence-corrected chi connectivity index (χ3v) is 5.10. The number of nitrogens with one attached hydrogen (secondary N) is 2. The minimum Gasteiger partial charge on any atom is -0.332 e. The third-order valence-electron chi connectivity index (χ3n) is 3.69. The van der Waals surface area contributed by atoms with Gasteiger partial charge in [0, 0.05) is 18.8 Å². The normalized spacial score (nSPS) is 10.8. The quantitative estimate of drug-likeness (QED) is 0.675. The molecule has 28 heavy (non-hydrogen) atoms. The summed E-state index contributed by atoms with van der Waals surface area (Å²) < 4.78 is 26.2. The standard InChI is InChI=1S/C19H20N4O4S/c1-4-10-21-28(26,27)16-7-5-15(6-8-16)19(25)23(3)13-18(24)22-17-12-14(2)9-11-20-17/h1,5-9,11-12,21H,10,13H2,2-3H3,(H,20,22,24). The first-order chi connectivity index (χ1) is 13.2. The average molecular weight is 400 g/mol. The molecule has 0 saturated carbocycles. The summed E-state index contributed by atoms with van der Waals surface area (Å²) in [7, 11) is -2.25. The highest BCUT2D eigenvalue weighted by Crippen LogP contribution is 2.12. The second-order valence-electron chi connectivity index (χ2n) is 5.98. The van der Waals surface area contributed by atoms with Gasteiger partial charge in [-0.25, -0.2) is 13.4 Å². The lowest BCUT2D eigenvalue weighted by molar-refractivity contribution is -0.116. The number of amides is 2. The number of carbonyl (C=O) groups excluding carboxylic acids is 2. The molecule has 0 fully saturated rings. The van der Waals surface area contributed by atoms with Gasteiger partial charge >= 0.3 is 0 Å². The second kappa shape index (κ2) is 9.12. The smallest absolute Gasteiger partial charge is 0.254 e. The molecular formula is C19H20N4O4S. The van der Waals surface area contributed by atoms with E-state index in [0.717, 1.165) is 5.56 Å². The summed E-state index contributed by atoms with van der Waals surface area (Å²) >= 11 is 0. The van der Waals surface area contributed by atoms with E-state index in [-0.39, 0.29) is 23.5 Å². The highest BCUT2D eigenvalue weighted by molar-refractivity contribution is 7.89. The average Bonchev–Trinajstić information content (AvgIpc) is 2.65. The second-order valence-corrected chi connectivity index (χ2v) is 7.75. The molecule has 0 bridgehead atoms. The summed E-state index contributed by atoms with van der Waals surface area (Å²) in [6, 6.07) is 8.88. The third kappa shape index (κ3) is 5.64. The maximum Gasteiger partial charge on any atom is 0.254 e. The van der Waals surface area contributed by atoms with Crippen LogP contribution in [0.15, 0.2) is 47.5 Å². The van der Waals surface area contributed by atoms with Gasteiger partial charge < -0.3 is 10.2 Å². The van der Waals surface area contributed by atoms with E-state index >= 15 is 0 Å². The van der Waals surface area contributed by atoms with Crippen LogP contribution in [0.3, 0.4) is 0 Å². The van der Waals surface area contributed by atoms with Crippen molar-refractivity contribution in [2.45, 2.75) is 11.8 Å². The minimum absolute atomic E-state index is 0.00906. The molecule has 146 valence electrons. The summed E-state index contributed by atoms with van der Waals surface area (Å²) in [4.78, 5) is 29.8. The predicted molar refractivity (Wildman–Crippen MR) is 105 cm³/mol. The summed E-state index contributed by atoms with van der Waals surface area (Å²) in [5.74, 6) is 1.77. The number of pyridine rings is 1. The molecule has 2 N–H and O–H groups in total. The lowest BCUT2D eigenvalue weighted by atomic mass is 10.2. The van der Waals surface area contributed by atoms with Crippen molar-refractivity contribution in [3.8, 4) is 12.3 Å². The van der Waals surface area contributed by atoms with Crippen LogP contribution >= 0.6 is 0 Å². The zero-order valence-corrected chi connectivity index (χ0v) is 16.3. The van der Waals surface area contributed by atoms with Crippen LogP contribution in [0.4, 0.5) is 5.82 Å². The molecule has 0 aliphatic carbocycles. The molecule has 8 nitrogen and oxygen atoms in total. The van der Waals surface area contributed by atoms with Crippen LogP contribution in [0.5, 0.6) is 0 Å². The number of nitrogens with zero attached hydrogens (tertiary/aromatic N) is 2. The Labute approximate surface area is 164 Å². The zero-order chi connectivity index (χ0) is 20.7. The Balaban J connectivity index is 2.01. The molecule has 0 aliphatic heterocycles. The van der Waals surface area contributed by atoms with Crippen molar-refractivity contribution < 1.29 is 18.0 Å². The van der Waals surface area contributed by atoms with E-state index in [0.29, 0.717) is 5.82 Å². The van der Waals surface area contributed by atoms with E-state index in [4.69, 9.17) is 6.42 Å². The number of benzene rings is 1. The van der Waals surface area contributed by atoms with Crippen LogP contribution in [-0.4, -0.2) is 50.3 Å². The molecule has 1 heterocycles. The lowest BCUT2D eigenvalue weighted by Gasteiger charge is -2.17. The molecule has 0 radical (unpaired) electrons. The van der Waals surface area contributed by atoms with Gasteiger partial charge in [0.2, 0.25) is 15.9 Å². The van der Waals surface area contributed by atoms with E-state index in [1.807, 2.05) is 6.92 Å². The number of terminal acetylenes is 1. The van der Waals surface area contributed by atoms with Gasteiger partial charge in [0.15, 0.2) is 0 Å². The van der Waals surface area contributed by atoms with Gasteiger partial charge in [-0.2, -0.15) is 4.72 Å². The fourth-order valence-electron chi connectivity index (χ4n) is 2.29. The molecular weight excluding hydrogens is 380 g/mol. The molecule has 0 atom stereocenters. The first-order valence-electron chi connectivity index (χ1n) is 8.24. The van der Waals surface area contributed by atoms with E-state index in [1.165, 1.54) is 36.2 Å². The monoisotopic (exact) mass is 400 g/mol. The van der Waals surface area contributed by atoms with Gasteiger partial charge in [-0.3, -0.25) is 9.59 Å². The summed E-state index contributed by atoms with van der Waals surface area (Å²) in [6.45, 7) is 1.56. The number of rotatable bonds is 7. The fraction of sp³-hybridized carbons (Fsp3) is 0.211. The van der Waals surface area contributed by atoms with Crippen molar-refractivity contribution in [1.29, 1.82) is 0 Å². The number of sulfonamides is 1. The van der Waals surface area contributed by atoms with Crippen LogP contribution in [0.1, 0.15) is 15.9 Å². The largest absolute Gasteiger partial charge is 0.332 e. The van der Waals surface area contributed by atoms with Crippen molar-refractivity contribution in [3.63, 3.8) is 0 Å². The van der Waals surface area contributed by atoms with Gasteiger partial charge in [-0.1, -0.05) is 5.92 Å². The minimum atomic E-state index is -3.73. The first-order valence-corrected chi connectivity index (χ1v) is 9.72. The predicted octanol–water partition coefficient (Wildman–Crippen LogP) is 1.01. The molecule has 2 rings (SSSR count). The maximum atomic E-state index is 12.5. The Kier molecular flexibility index (Phi) is 6.87. The number of carbonyl (C=O) groups is 2. The number of hydrogen-bond acceptors (Lipinski definition) is 5. The number of aryl methyl sites for hydroxylation is 1. The van der Waals surface area contributed by atoms with Crippen LogP contribution in [0.2, 0.25) is 0 Å². The lowest BCUT2D eigenvalue weighted by Crippen LogP contribution is -2.35. The van der Waals surface area contributed by atoms with Crippen LogP contribution in [-0.2, 0) is 14.8 Å². The van der Waals surface area contributed by atoms with Crippen molar-refractivity contribution in [1.82, 2.24) is 14.6 Å². The van der Waals surface area contributed by atoms with Crippen LogP contribution in [0.25, 0.3) is 0 Å². The van der Waals surface area contributed by atoms with Crippen molar-refractivity contribution in [2.24, 2.45) is 0 Å². The van der Waals surface area contributed by atoms with Gasteiger partial charge in [-0.05, 0) is 48.9 Å². The van der Waals surface area contributed by atoms with E-state index in [9.17, 15) is 18.0 Å². The van der Waals surface area contributed by atoms with Gasteiger partial charge in [-0.15, -0.1) is 6.42 Å². The van der Waals surface area contributed by atoms with Gasteiger partial charge in [0.1, 0.15) is 5.82 Å². The molecule has 1 aromatic carbocycles. The Morgan fingerprint density at radius 3 is 2.50 bits per heavy atom. The Hall–Kier alpha value is -3.22. The molecule has 0 spiro atoms.